The van der Waals surface area contributed by atoms with Crippen molar-refractivity contribution in [2.45, 2.75) is 26.6 Å². The van der Waals surface area contributed by atoms with Gasteiger partial charge in [0.2, 0.25) is 0 Å². The highest BCUT2D eigenvalue weighted by molar-refractivity contribution is 7.09. The summed E-state index contributed by atoms with van der Waals surface area (Å²) in [4.78, 5) is 15.7. The Labute approximate surface area is 135 Å². The van der Waals surface area contributed by atoms with Crippen molar-refractivity contribution in [2.24, 2.45) is 0 Å². The number of nitrogens with zero attached hydrogens (tertiary/aromatic N) is 1. The van der Waals surface area contributed by atoms with Gasteiger partial charge < -0.3 is 10.2 Å². The maximum atomic E-state index is 12.6. The zero-order chi connectivity index (χ0) is 13.9. The maximum absolute atomic E-state index is 12.6. The van der Waals surface area contributed by atoms with Crippen LogP contribution in [0.25, 0.3) is 0 Å². The minimum absolute atomic E-state index is 0. The zero-order valence-electron chi connectivity index (χ0n) is 12.0. The molecular weight excluding hydrogens is 304 g/mol. The first-order chi connectivity index (χ1) is 9.78. The fourth-order valence-corrected chi connectivity index (χ4v) is 3.25. The second kappa shape index (κ2) is 7.07. The van der Waals surface area contributed by atoms with Crippen molar-refractivity contribution in [3.8, 4) is 0 Å². The first-order valence-corrected chi connectivity index (χ1v) is 7.80. The third kappa shape index (κ3) is 3.46. The van der Waals surface area contributed by atoms with Crippen LogP contribution >= 0.6 is 23.7 Å². The van der Waals surface area contributed by atoms with Gasteiger partial charge in [-0.3, -0.25) is 4.79 Å². The highest BCUT2D eigenvalue weighted by Gasteiger charge is 2.18. The number of amides is 1. The number of carbonyl (C=O) groups is 1. The smallest absolute Gasteiger partial charge is 0.254 e. The van der Waals surface area contributed by atoms with Crippen molar-refractivity contribution in [1.29, 1.82) is 0 Å². The van der Waals surface area contributed by atoms with Crippen molar-refractivity contribution < 1.29 is 4.79 Å². The van der Waals surface area contributed by atoms with E-state index in [9.17, 15) is 4.79 Å². The van der Waals surface area contributed by atoms with Gasteiger partial charge >= 0.3 is 0 Å². The predicted molar refractivity (Wildman–Crippen MR) is 89.0 cm³/mol. The van der Waals surface area contributed by atoms with Crippen LogP contribution < -0.4 is 5.32 Å². The molecular formula is C16H19ClN2OS. The molecule has 1 N–H and O–H groups in total. The van der Waals surface area contributed by atoms with Crippen LogP contribution in [0, 0.1) is 0 Å². The molecule has 0 aliphatic carbocycles. The molecule has 1 aliphatic rings. The number of rotatable bonds is 4. The van der Waals surface area contributed by atoms with Gasteiger partial charge in [0.15, 0.2) is 0 Å². The summed E-state index contributed by atoms with van der Waals surface area (Å²) >= 11 is 1.70. The molecule has 2 aromatic rings. The van der Waals surface area contributed by atoms with E-state index in [1.54, 1.807) is 11.3 Å². The molecule has 0 fully saturated rings. The van der Waals surface area contributed by atoms with Crippen LogP contribution in [0.4, 0.5) is 0 Å². The van der Waals surface area contributed by atoms with E-state index in [4.69, 9.17) is 0 Å². The van der Waals surface area contributed by atoms with Crippen molar-refractivity contribution in [1.82, 2.24) is 10.2 Å². The SMILES string of the molecule is CCN(Cc1cccs1)C(=O)c1ccc2c(c1)CNC2.Cl. The number of thiophene rings is 1. The number of halogens is 1. The van der Waals surface area contributed by atoms with Crippen LogP contribution in [0.1, 0.15) is 33.3 Å². The Morgan fingerprint density at radius 3 is 2.81 bits per heavy atom. The molecule has 0 saturated heterocycles. The number of carbonyl (C=O) groups excluding carboxylic acids is 1. The van der Waals surface area contributed by atoms with Crippen LogP contribution in [-0.4, -0.2) is 17.4 Å². The number of hydrogen-bond acceptors (Lipinski definition) is 3. The second-order valence-corrected chi connectivity index (χ2v) is 6.02. The van der Waals surface area contributed by atoms with E-state index in [1.165, 1.54) is 16.0 Å². The van der Waals surface area contributed by atoms with Gasteiger partial charge in [0.25, 0.3) is 5.91 Å². The topological polar surface area (TPSA) is 32.3 Å². The molecule has 0 saturated carbocycles. The Hall–Kier alpha value is -1.36. The second-order valence-electron chi connectivity index (χ2n) is 4.99. The maximum Gasteiger partial charge on any atom is 0.254 e. The third-order valence-electron chi connectivity index (χ3n) is 3.68. The van der Waals surface area contributed by atoms with E-state index in [-0.39, 0.29) is 18.3 Å². The lowest BCUT2D eigenvalue weighted by molar-refractivity contribution is 0.0754. The molecule has 1 aromatic carbocycles. The van der Waals surface area contributed by atoms with E-state index in [0.29, 0.717) is 6.54 Å². The van der Waals surface area contributed by atoms with E-state index >= 15 is 0 Å². The molecule has 1 amide bonds. The lowest BCUT2D eigenvalue weighted by Gasteiger charge is -2.20. The van der Waals surface area contributed by atoms with E-state index in [2.05, 4.69) is 22.8 Å². The molecule has 5 heteroatoms. The van der Waals surface area contributed by atoms with Crippen LogP contribution in [0.3, 0.4) is 0 Å². The molecule has 0 atom stereocenters. The van der Waals surface area contributed by atoms with Crippen LogP contribution in [0.2, 0.25) is 0 Å². The highest BCUT2D eigenvalue weighted by Crippen LogP contribution is 2.19. The van der Waals surface area contributed by atoms with Gasteiger partial charge in [0.05, 0.1) is 6.54 Å². The third-order valence-corrected chi connectivity index (χ3v) is 4.54. The Balaban J connectivity index is 0.00000161. The van der Waals surface area contributed by atoms with Gasteiger partial charge in [-0.05, 0) is 41.6 Å². The summed E-state index contributed by atoms with van der Waals surface area (Å²) in [6.07, 6.45) is 0. The Morgan fingerprint density at radius 2 is 2.10 bits per heavy atom. The van der Waals surface area contributed by atoms with Crippen molar-refractivity contribution >= 4 is 29.7 Å². The minimum Gasteiger partial charge on any atom is -0.334 e. The summed E-state index contributed by atoms with van der Waals surface area (Å²) < 4.78 is 0. The number of fused-ring (bicyclic) bond motifs is 1. The van der Waals surface area contributed by atoms with Crippen molar-refractivity contribution in [2.75, 3.05) is 6.54 Å². The van der Waals surface area contributed by atoms with Gasteiger partial charge in [-0.25, -0.2) is 0 Å². The standard InChI is InChI=1S/C16H18N2OS.ClH/c1-2-18(11-15-4-3-7-20-15)16(19)12-5-6-13-9-17-10-14(13)8-12;/h3-8,17H,2,9-11H2,1H3;1H. The van der Waals surface area contributed by atoms with Crippen LogP contribution in [0.5, 0.6) is 0 Å². The lowest BCUT2D eigenvalue weighted by atomic mass is 10.1. The summed E-state index contributed by atoms with van der Waals surface area (Å²) in [5.74, 6) is 0.121. The molecule has 0 bridgehead atoms. The van der Waals surface area contributed by atoms with Gasteiger partial charge in [-0.1, -0.05) is 12.1 Å². The van der Waals surface area contributed by atoms with E-state index in [1.807, 2.05) is 30.0 Å². The quantitative estimate of drug-likeness (QED) is 0.935. The minimum atomic E-state index is 0. The Bertz CT molecular complexity index is 613. The summed E-state index contributed by atoms with van der Waals surface area (Å²) in [5.41, 5.74) is 3.36. The highest BCUT2D eigenvalue weighted by atomic mass is 35.5. The van der Waals surface area contributed by atoms with E-state index < -0.39 is 0 Å². The summed E-state index contributed by atoms with van der Waals surface area (Å²) in [6, 6.07) is 10.2. The normalized spacial score (nSPS) is 12.6. The molecule has 1 aliphatic heterocycles. The van der Waals surface area contributed by atoms with Gasteiger partial charge in [-0.15, -0.1) is 23.7 Å². The molecule has 1 aromatic heterocycles. The molecule has 112 valence electrons. The fraction of sp³-hybridized carbons (Fsp3) is 0.312. The van der Waals surface area contributed by atoms with Gasteiger partial charge in [0.1, 0.15) is 0 Å². The molecule has 0 spiro atoms. The number of nitrogens with one attached hydrogen (secondary N) is 1. The lowest BCUT2D eigenvalue weighted by Crippen LogP contribution is -2.30. The molecule has 0 radical (unpaired) electrons. The molecule has 2 heterocycles. The van der Waals surface area contributed by atoms with Crippen molar-refractivity contribution in [3.05, 3.63) is 57.3 Å². The first-order valence-electron chi connectivity index (χ1n) is 6.92. The summed E-state index contributed by atoms with van der Waals surface area (Å²) in [7, 11) is 0. The van der Waals surface area contributed by atoms with Gasteiger partial charge in [0, 0.05) is 30.1 Å². The van der Waals surface area contributed by atoms with Gasteiger partial charge in [-0.2, -0.15) is 0 Å². The predicted octanol–water partition coefficient (Wildman–Crippen LogP) is 3.44. The van der Waals surface area contributed by atoms with E-state index in [0.717, 1.165) is 25.2 Å². The molecule has 0 unspecified atom stereocenters. The van der Waals surface area contributed by atoms with Crippen LogP contribution in [-0.2, 0) is 19.6 Å². The molecule has 3 rings (SSSR count). The molecule has 3 nitrogen and oxygen atoms in total. The van der Waals surface area contributed by atoms with Crippen molar-refractivity contribution in [3.63, 3.8) is 0 Å². The number of hydrogen-bond donors (Lipinski definition) is 1. The fourth-order valence-electron chi connectivity index (χ4n) is 2.53. The number of benzene rings is 1. The molecule has 21 heavy (non-hydrogen) atoms. The first kappa shape index (κ1) is 16.0. The average molecular weight is 323 g/mol. The Morgan fingerprint density at radius 1 is 1.29 bits per heavy atom. The zero-order valence-corrected chi connectivity index (χ0v) is 13.6. The summed E-state index contributed by atoms with van der Waals surface area (Å²) in [5, 5.41) is 5.36. The largest absolute Gasteiger partial charge is 0.334 e. The Kier molecular flexibility index (Phi) is 5.39. The summed E-state index contributed by atoms with van der Waals surface area (Å²) in [6.45, 7) is 5.23. The van der Waals surface area contributed by atoms with Crippen LogP contribution in [0.15, 0.2) is 35.7 Å². The average Bonchev–Trinajstić information content (AvgIpc) is 3.14. The monoisotopic (exact) mass is 322 g/mol.